The Balaban J connectivity index is 1.99. The number of carbonyl (C=O) groups excluding carboxylic acids is 1. The van der Waals surface area contributed by atoms with Crippen LogP contribution in [0.3, 0.4) is 0 Å². The monoisotopic (exact) mass is 274 g/mol. The van der Waals surface area contributed by atoms with Gasteiger partial charge in [0.1, 0.15) is 6.61 Å². The second kappa shape index (κ2) is 6.92. The van der Waals surface area contributed by atoms with Crippen molar-refractivity contribution in [3.05, 3.63) is 34.9 Å². The van der Waals surface area contributed by atoms with E-state index >= 15 is 0 Å². The van der Waals surface area contributed by atoms with Crippen LogP contribution in [0.15, 0.2) is 18.2 Å². The molecule has 2 rings (SSSR count). The lowest BCUT2D eigenvalue weighted by atomic mass is 10.1. The summed E-state index contributed by atoms with van der Waals surface area (Å²) < 4.78 is 10.3. The van der Waals surface area contributed by atoms with Crippen LogP contribution < -0.4 is 0 Å². The van der Waals surface area contributed by atoms with E-state index in [0.717, 1.165) is 37.1 Å². The van der Waals surface area contributed by atoms with Gasteiger partial charge in [0.15, 0.2) is 0 Å². The zero-order valence-corrected chi connectivity index (χ0v) is 11.6. The minimum absolute atomic E-state index is 0.182. The number of nitriles is 1. The number of ether oxygens (including phenoxy) is 2. The van der Waals surface area contributed by atoms with Gasteiger partial charge >= 0.3 is 6.09 Å². The fourth-order valence-electron chi connectivity index (χ4n) is 2.30. The number of amides is 1. The Morgan fingerprint density at radius 3 is 2.50 bits per heavy atom. The number of likely N-dealkylation sites (tertiary alicyclic amines) is 1. The van der Waals surface area contributed by atoms with Crippen molar-refractivity contribution >= 4 is 6.09 Å². The van der Waals surface area contributed by atoms with Crippen molar-refractivity contribution in [2.75, 3.05) is 20.2 Å². The van der Waals surface area contributed by atoms with Crippen molar-refractivity contribution in [2.24, 2.45) is 0 Å². The van der Waals surface area contributed by atoms with Crippen LogP contribution in [0.4, 0.5) is 4.79 Å². The fraction of sp³-hybridized carbons (Fsp3) is 0.467. The highest BCUT2D eigenvalue weighted by Crippen LogP contribution is 2.14. The van der Waals surface area contributed by atoms with E-state index in [4.69, 9.17) is 14.7 Å². The minimum atomic E-state index is -0.279. The molecule has 0 radical (unpaired) electrons. The summed E-state index contributed by atoms with van der Waals surface area (Å²) in [5, 5.41) is 9.00. The summed E-state index contributed by atoms with van der Waals surface area (Å²) in [6.45, 7) is 2.15. The molecule has 1 saturated heterocycles. The van der Waals surface area contributed by atoms with Gasteiger partial charge in [-0.1, -0.05) is 0 Å². The molecule has 0 bridgehead atoms. The van der Waals surface area contributed by atoms with Crippen LogP contribution >= 0.6 is 0 Å². The average molecular weight is 274 g/mol. The number of benzene rings is 1. The maximum absolute atomic E-state index is 11.8. The molecule has 0 unspecified atom stereocenters. The molecule has 1 aliphatic heterocycles. The molecule has 1 aromatic rings. The van der Waals surface area contributed by atoms with Crippen LogP contribution in [0.25, 0.3) is 0 Å². The highest BCUT2D eigenvalue weighted by atomic mass is 16.6. The van der Waals surface area contributed by atoms with E-state index < -0.39 is 0 Å². The predicted octanol–water partition coefficient (Wildman–Crippen LogP) is 2.44. The Morgan fingerprint density at radius 1 is 1.25 bits per heavy atom. The summed E-state index contributed by atoms with van der Waals surface area (Å²) in [4.78, 5) is 13.5. The molecule has 1 amide bonds. The third kappa shape index (κ3) is 3.72. The number of rotatable bonds is 4. The predicted molar refractivity (Wildman–Crippen MR) is 72.9 cm³/mol. The Labute approximate surface area is 118 Å². The lowest BCUT2D eigenvalue weighted by Crippen LogP contribution is -2.28. The number of hydrogen-bond donors (Lipinski definition) is 0. The molecule has 0 spiro atoms. The molecule has 0 saturated carbocycles. The van der Waals surface area contributed by atoms with E-state index in [1.165, 1.54) is 0 Å². The van der Waals surface area contributed by atoms with E-state index in [1.54, 1.807) is 24.1 Å². The Hall–Kier alpha value is -2.06. The molecule has 1 aliphatic rings. The highest BCUT2D eigenvalue weighted by molar-refractivity contribution is 5.67. The maximum atomic E-state index is 11.8. The van der Waals surface area contributed by atoms with Crippen molar-refractivity contribution < 1.29 is 14.3 Å². The molecule has 106 valence electrons. The summed E-state index contributed by atoms with van der Waals surface area (Å²) in [6, 6.07) is 7.50. The molecular formula is C15H18N2O3. The first kappa shape index (κ1) is 14.4. The molecule has 1 aromatic carbocycles. The minimum Gasteiger partial charge on any atom is -0.445 e. The zero-order valence-electron chi connectivity index (χ0n) is 11.6. The van der Waals surface area contributed by atoms with Crippen molar-refractivity contribution in [1.82, 2.24) is 4.90 Å². The lowest BCUT2D eigenvalue weighted by molar-refractivity contribution is 0.104. The Bertz CT molecular complexity index is 516. The first-order chi connectivity index (χ1) is 9.72. The molecule has 0 aliphatic carbocycles. The fourth-order valence-corrected chi connectivity index (χ4v) is 2.30. The largest absolute Gasteiger partial charge is 0.445 e. The van der Waals surface area contributed by atoms with Gasteiger partial charge < -0.3 is 14.4 Å². The number of methoxy groups -OCH3 is 1. The van der Waals surface area contributed by atoms with Crippen LogP contribution in [0.1, 0.15) is 29.5 Å². The zero-order chi connectivity index (χ0) is 14.4. The van der Waals surface area contributed by atoms with Gasteiger partial charge in [-0.25, -0.2) is 4.79 Å². The average Bonchev–Trinajstić information content (AvgIpc) is 2.99. The van der Waals surface area contributed by atoms with Crippen molar-refractivity contribution in [1.29, 1.82) is 5.26 Å². The van der Waals surface area contributed by atoms with Gasteiger partial charge in [-0.05, 0) is 42.2 Å². The van der Waals surface area contributed by atoms with Gasteiger partial charge in [-0.15, -0.1) is 0 Å². The van der Waals surface area contributed by atoms with Gasteiger partial charge in [0.25, 0.3) is 0 Å². The summed E-state index contributed by atoms with van der Waals surface area (Å²) in [5.74, 6) is 0. The van der Waals surface area contributed by atoms with Gasteiger partial charge in [-0.3, -0.25) is 0 Å². The number of hydrogen-bond acceptors (Lipinski definition) is 4. The van der Waals surface area contributed by atoms with Crippen LogP contribution in [0.5, 0.6) is 0 Å². The maximum Gasteiger partial charge on any atom is 0.410 e. The summed E-state index contributed by atoms with van der Waals surface area (Å²) in [6.07, 6.45) is 1.80. The smallest absolute Gasteiger partial charge is 0.410 e. The highest BCUT2D eigenvalue weighted by Gasteiger charge is 2.19. The Morgan fingerprint density at radius 2 is 1.90 bits per heavy atom. The second-order valence-electron chi connectivity index (χ2n) is 4.83. The van der Waals surface area contributed by atoms with E-state index in [9.17, 15) is 4.79 Å². The van der Waals surface area contributed by atoms with Gasteiger partial charge in [0.05, 0.1) is 18.2 Å². The Kier molecular flexibility index (Phi) is 4.97. The third-order valence-corrected chi connectivity index (χ3v) is 3.22. The number of nitrogens with zero attached hydrogens (tertiary/aromatic N) is 2. The van der Waals surface area contributed by atoms with E-state index in [1.807, 2.05) is 6.07 Å². The molecule has 5 heteroatoms. The third-order valence-electron chi connectivity index (χ3n) is 3.22. The normalized spacial score (nSPS) is 14.1. The van der Waals surface area contributed by atoms with Crippen LogP contribution in [-0.4, -0.2) is 31.2 Å². The molecule has 5 nitrogen and oxygen atoms in total. The first-order valence-electron chi connectivity index (χ1n) is 6.66. The SMILES string of the molecule is COCc1cc(C#N)cc(COC(=O)N2CCCC2)c1. The van der Waals surface area contributed by atoms with E-state index in [-0.39, 0.29) is 12.7 Å². The van der Waals surface area contributed by atoms with E-state index in [0.29, 0.717) is 12.2 Å². The van der Waals surface area contributed by atoms with Crippen molar-refractivity contribution in [3.8, 4) is 6.07 Å². The number of carbonyl (C=O) groups is 1. The van der Waals surface area contributed by atoms with Gasteiger partial charge in [-0.2, -0.15) is 5.26 Å². The van der Waals surface area contributed by atoms with Crippen LogP contribution in [0, 0.1) is 11.3 Å². The molecule has 1 fully saturated rings. The molecular weight excluding hydrogens is 256 g/mol. The lowest BCUT2D eigenvalue weighted by Gasteiger charge is -2.15. The molecule has 0 N–H and O–H groups in total. The quantitative estimate of drug-likeness (QED) is 0.846. The standard InChI is InChI=1S/C15H18N2O3/c1-19-10-13-6-12(9-16)7-14(8-13)11-20-15(18)17-4-2-3-5-17/h6-8H,2-5,10-11H2,1H3. The van der Waals surface area contributed by atoms with Crippen molar-refractivity contribution in [3.63, 3.8) is 0 Å². The second-order valence-corrected chi connectivity index (χ2v) is 4.83. The molecule has 20 heavy (non-hydrogen) atoms. The van der Waals surface area contributed by atoms with E-state index in [2.05, 4.69) is 6.07 Å². The van der Waals surface area contributed by atoms with Crippen LogP contribution in [0.2, 0.25) is 0 Å². The van der Waals surface area contributed by atoms with Gasteiger partial charge in [0, 0.05) is 20.2 Å². The summed E-state index contributed by atoms with van der Waals surface area (Å²) in [5.41, 5.74) is 2.26. The molecule has 1 heterocycles. The topological polar surface area (TPSA) is 62.6 Å². The van der Waals surface area contributed by atoms with Crippen LogP contribution in [-0.2, 0) is 22.7 Å². The van der Waals surface area contributed by atoms with Crippen molar-refractivity contribution in [2.45, 2.75) is 26.1 Å². The molecule has 0 aromatic heterocycles. The molecule has 0 atom stereocenters. The first-order valence-corrected chi connectivity index (χ1v) is 6.66. The van der Waals surface area contributed by atoms with Gasteiger partial charge in [0.2, 0.25) is 0 Å². The summed E-state index contributed by atoms with van der Waals surface area (Å²) >= 11 is 0. The summed E-state index contributed by atoms with van der Waals surface area (Å²) in [7, 11) is 1.60.